The van der Waals surface area contributed by atoms with Crippen LogP contribution < -0.4 is 10.5 Å². The van der Waals surface area contributed by atoms with Crippen molar-refractivity contribution in [2.45, 2.75) is 13.0 Å². The average Bonchev–Trinajstić information content (AvgIpc) is 2.00. The molecular formula is C5H12N2O4S. The van der Waals surface area contributed by atoms with Crippen LogP contribution >= 0.6 is 0 Å². The van der Waals surface area contributed by atoms with E-state index in [4.69, 9.17) is 5.11 Å². The van der Waals surface area contributed by atoms with E-state index in [-0.39, 0.29) is 12.3 Å². The average molecular weight is 196 g/mol. The summed E-state index contributed by atoms with van der Waals surface area (Å²) in [6.45, 7) is 1.07. The van der Waals surface area contributed by atoms with E-state index in [1.165, 1.54) is 6.92 Å². The standard InChI is InChI=1S/C5H12N2O4S/c1-2-12(10,11)7-3-4(8)5(6)9/h4,7-8H,2-3H2,1H3,(H2,6,9). The van der Waals surface area contributed by atoms with E-state index in [9.17, 15) is 13.2 Å². The van der Waals surface area contributed by atoms with E-state index in [1.807, 2.05) is 4.72 Å². The van der Waals surface area contributed by atoms with Crippen molar-refractivity contribution in [2.75, 3.05) is 12.3 Å². The molecule has 0 saturated heterocycles. The van der Waals surface area contributed by atoms with Gasteiger partial charge < -0.3 is 10.8 Å². The van der Waals surface area contributed by atoms with Gasteiger partial charge in [-0.25, -0.2) is 13.1 Å². The molecule has 1 atom stereocenters. The maximum Gasteiger partial charge on any atom is 0.247 e. The van der Waals surface area contributed by atoms with Gasteiger partial charge in [-0.1, -0.05) is 0 Å². The molecule has 1 unspecified atom stereocenters. The number of carbonyl (C=O) groups is 1. The van der Waals surface area contributed by atoms with Gasteiger partial charge in [0.2, 0.25) is 15.9 Å². The van der Waals surface area contributed by atoms with E-state index < -0.39 is 22.0 Å². The number of sulfonamides is 1. The van der Waals surface area contributed by atoms with Gasteiger partial charge in [-0.2, -0.15) is 0 Å². The molecule has 0 aromatic rings. The minimum absolute atomic E-state index is 0.0987. The summed E-state index contributed by atoms with van der Waals surface area (Å²) in [7, 11) is -3.37. The SMILES string of the molecule is CCS(=O)(=O)NCC(O)C(N)=O. The fourth-order valence-corrected chi connectivity index (χ4v) is 1.02. The first kappa shape index (κ1) is 11.3. The number of carbonyl (C=O) groups excluding carboxylic acids is 1. The van der Waals surface area contributed by atoms with Gasteiger partial charge >= 0.3 is 0 Å². The predicted octanol–water partition coefficient (Wildman–Crippen LogP) is -2.23. The summed E-state index contributed by atoms with van der Waals surface area (Å²) >= 11 is 0. The van der Waals surface area contributed by atoms with Crippen molar-refractivity contribution in [2.24, 2.45) is 5.73 Å². The molecule has 0 aliphatic carbocycles. The lowest BCUT2D eigenvalue weighted by molar-refractivity contribution is -0.125. The fraction of sp³-hybridized carbons (Fsp3) is 0.800. The van der Waals surface area contributed by atoms with Crippen molar-refractivity contribution in [3.8, 4) is 0 Å². The van der Waals surface area contributed by atoms with Crippen molar-refractivity contribution < 1.29 is 18.3 Å². The van der Waals surface area contributed by atoms with Gasteiger partial charge in [-0.15, -0.1) is 0 Å². The first-order chi connectivity index (χ1) is 5.39. The van der Waals surface area contributed by atoms with E-state index in [0.29, 0.717) is 0 Å². The molecule has 0 radical (unpaired) electrons. The minimum atomic E-state index is -3.37. The molecule has 0 aromatic carbocycles. The zero-order valence-corrected chi connectivity index (χ0v) is 7.47. The number of rotatable bonds is 5. The maximum atomic E-state index is 10.8. The van der Waals surface area contributed by atoms with E-state index in [1.54, 1.807) is 0 Å². The lowest BCUT2D eigenvalue weighted by Gasteiger charge is -2.07. The second kappa shape index (κ2) is 4.39. The largest absolute Gasteiger partial charge is 0.382 e. The smallest absolute Gasteiger partial charge is 0.247 e. The van der Waals surface area contributed by atoms with E-state index >= 15 is 0 Å². The van der Waals surface area contributed by atoms with Crippen molar-refractivity contribution in [3.63, 3.8) is 0 Å². The molecule has 72 valence electrons. The molecule has 0 saturated carbocycles. The van der Waals surface area contributed by atoms with Gasteiger partial charge in [-0.05, 0) is 6.92 Å². The molecular weight excluding hydrogens is 184 g/mol. The highest BCUT2D eigenvalue weighted by molar-refractivity contribution is 7.89. The highest BCUT2D eigenvalue weighted by Crippen LogP contribution is 1.84. The van der Waals surface area contributed by atoms with Gasteiger partial charge in [0.05, 0.1) is 5.75 Å². The molecule has 0 aliphatic heterocycles. The maximum absolute atomic E-state index is 10.8. The van der Waals surface area contributed by atoms with Crippen molar-refractivity contribution in [1.29, 1.82) is 0 Å². The van der Waals surface area contributed by atoms with Crippen LogP contribution in [0.15, 0.2) is 0 Å². The van der Waals surface area contributed by atoms with Crippen LogP contribution in [-0.4, -0.2) is 37.8 Å². The van der Waals surface area contributed by atoms with Crippen LogP contribution in [0.5, 0.6) is 0 Å². The number of aliphatic hydroxyl groups excluding tert-OH is 1. The molecule has 0 bridgehead atoms. The number of nitrogens with one attached hydrogen (secondary N) is 1. The number of hydrogen-bond donors (Lipinski definition) is 3. The van der Waals surface area contributed by atoms with Crippen LogP contribution in [0.4, 0.5) is 0 Å². The number of hydrogen-bond acceptors (Lipinski definition) is 4. The zero-order valence-electron chi connectivity index (χ0n) is 6.65. The highest BCUT2D eigenvalue weighted by atomic mass is 32.2. The van der Waals surface area contributed by atoms with Gasteiger partial charge in [0.15, 0.2) is 0 Å². The lowest BCUT2D eigenvalue weighted by Crippen LogP contribution is -2.40. The molecule has 12 heavy (non-hydrogen) atoms. The number of primary amides is 1. The quantitative estimate of drug-likeness (QED) is 0.462. The normalized spacial score (nSPS) is 14.2. The molecule has 0 fully saturated rings. The van der Waals surface area contributed by atoms with Crippen LogP contribution in [0, 0.1) is 0 Å². The molecule has 0 heterocycles. The predicted molar refractivity (Wildman–Crippen MR) is 42.7 cm³/mol. The van der Waals surface area contributed by atoms with Crippen LogP contribution in [0.2, 0.25) is 0 Å². The minimum Gasteiger partial charge on any atom is -0.382 e. The first-order valence-corrected chi connectivity index (χ1v) is 4.99. The van der Waals surface area contributed by atoms with Gasteiger partial charge in [0, 0.05) is 6.54 Å². The molecule has 0 aromatic heterocycles. The Bertz CT molecular complexity index is 248. The summed E-state index contributed by atoms with van der Waals surface area (Å²) in [5.41, 5.74) is 4.68. The summed E-state index contributed by atoms with van der Waals surface area (Å²) in [6, 6.07) is 0. The third kappa shape index (κ3) is 4.27. The van der Waals surface area contributed by atoms with Crippen LogP contribution in [-0.2, 0) is 14.8 Å². The Morgan fingerprint density at radius 1 is 1.67 bits per heavy atom. The first-order valence-electron chi connectivity index (χ1n) is 3.33. The fourth-order valence-electron chi connectivity index (χ4n) is 0.409. The highest BCUT2D eigenvalue weighted by Gasteiger charge is 2.14. The van der Waals surface area contributed by atoms with E-state index in [0.717, 1.165) is 0 Å². The zero-order chi connectivity index (χ0) is 9.78. The Kier molecular flexibility index (Phi) is 4.15. The Morgan fingerprint density at radius 3 is 2.50 bits per heavy atom. The molecule has 7 heteroatoms. The monoisotopic (exact) mass is 196 g/mol. The van der Waals surface area contributed by atoms with Crippen molar-refractivity contribution >= 4 is 15.9 Å². The summed E-state index contributed by atoms with van der Waals surface area (Å²) in [5.74, 6) is -1.05. The van der Waals surface area contributed by atoms with Gasteiger partial charge in [0.1, 0.15) is 6.10 Å². The van der Waals surface area contributed by atoms with Crippen molar-refractivity contribution in [3.05, 3.63) is 0 Å². The topological polar surface area (TPSA) is 109 Å². The number of nitrogens with two attached hydrogens (primary N) is 1. The number of amides is 1. The Hall–Kier alpha value is -0.660. The van der Waals surface area contributed by atoms with Crippen LogP contribution in [0.25, 0.3) is 0 Å². The second-order valence-electron chi connectivity index (χ2n) is 2.17. The third-order valence-electron chi connectivity index (χ3n) is 1.21. The molecule has 0 spiro atoms. The molecule has 0 rings (SSSR count). The van der Waals surface area contributed by atoms with Crippen LogP contribution in [0.1, 0.15) is 6.92 Å². The van der Waals surface area contributed by atoms with E-state index in [2.05, 4.69) is 5.73 Å². The lowest BCUT2D eigenvalue weighted by atomic mass is 10.3. The molecule has 4 N–H and O–H groups in total. The summed E-state index contributed by atoms with van der Waals surface area (Å²) in [4.78, 5) is 10.2. The molecule has 6 nitrogen and oxygen atoms in total. The van der Waals surface area contributed by atoms with Crippen LogP contribution in [0.3, 0.4) is 0 Å². The Labute approximate surface area is 70.8 Å². The van der Waals surface area contributed by atoms with Crippen molar-refractivity contribution in [1.82, 2.24) is 4.72 Å². The third-order valence-corrected chi connectivity index (χ3v) is 2.57. The van der Waals surface area contributed by atoms with Gasteiger partial charge in [0.25, 0.3) is 0 Å². The molecule has 0 aliphatic rings. The second-order valence-corrected chi connectivity index (χ2v) is 4.27. The Morgan fingerprint density at radius 2 is 2.17 bits per heavy atom. The summed E-state index contributed by atoms with van der Waals surface area (Å²) in [5, 5.41) is 8.78. The summed E-state index contributed by atoms with van der Waals surface area (Å²) < 4.78 is 23.5. The summed E-state index contributed by atoms with van der Waals surface area (Å²) in [6.07, 6.45) is -1.47. The molecule has 1 amide bonds. The van der Waals surface area contributed by atoms with Gasteiger partial charge in [-0.3, -0.25) is 4.79 Å². The Balaban J connectivity index is 3.92. The number of aliphatic hydroxyl groups is 1.